The summed E-state index contributed by atoms with van der Waals surface area (Å²) in [6, 6.07) is 2.53. The molecule has 80 valence electrons. The molecule has 0 aliphatic heterocycles. The highest BCUT2D eigenvalue weighted by atomic mass is 35.5. The second-order valence-electron chi connectivity index (χ2n) is 3.54. The van der Waals surface area contributed by atoms with E-state index in [2.05, 4.69) is 5.32 Å². The number of carboxylic acids is 1. The third-order valence-electron chi connectivity index (χ3n) is 2.23. The molecule has 1 aromatic rings. The van der Waals surface area contributed by atoms with E-state index in [1.54, 1.807) is 0 Å². The molecule has 2 rings (SSSR count). The van der Waals surface area contributed by atoms with Gasteiger partial charge in [-0.1, -0.05) is 11.6 Å². The monoisotopic (exact) mass is 229 g/mol. The van der Waals surface area contributed by atoms with Gasteiger partial charge < -0.3 is 10.4 Å². The van der Waals surface area contributed by atoms with Crippen LogP contribution in [0.25, 0.3) is 0 Å². The summed E-state index contributed by atoms with van der Waals surface area (Å²) in [6.45, 7) is 0. The maximum atomic E-state index is 13.1. The van der Waals surface area contributed by atoms with Gasteiger partial charge in [0.05, 0.1) is 16.3 Å². The zero-order chi connectivity index (χ0) is 11.0. The van der Waals surface area contributed by atoms with Crippen LogP contribution in [-0.2, 0) is 0 Å². The Morgan fingerprint density at radius 2 is 2.20 bits per heavy atom. The second-order valence-corrected chi connectivity index (χ2v) is 3.94. The number of hydrogen-bond acceptors (Lipinski definition) is 2. The topological polar surface area (TPSA) is 49.3 Å². The molecule has 5 heteroatoms. The summed E-state index contributed by atoms with van der Waals surface area (Å²) in [5.74, 6) is -1.72. The standard InChI is InChI=1S/C10H9ClFNO2/c11-7-3-6(10(14)15)9(4-8(7)12)13-5-1-2-5/h3-5,13H,1-2H2,(H,14,15). The van der Waals surface area contributed by atoms with Gasteiger partial charge in [0.1, 0.15) is 5.82 Å². The highest BCUT2D eigenvalue weighted by Crippen LogP contribution is 2.29. The Bertz CT molecular complexity index is 418. The minimum Gasteiger partial charge on any atom is -0.478 e. The Kier molecular flexibility index (Phi) is 2.52. The molecule has 0 spiro atoms. The average molecular weight is 230 g/mol. The lowest BCUT2D eigenvalue weighted by atomic mass is 10.1. The normalized spacial score (nSPS) is 15.1. The molecule has 0 amide bonds. The van der Waals surface area contributed by atoms with Gasteiger partial charge in [0.2, 0.25) is 0 Å². The molecular formula is C10H9ClFNO2. The molecule has 1 saturated carbocycles. The van der Waals surface area contributed by atoms with Gasteiger partial charge in [-0.25, -0.2) is 9.18 Å². The molecule has 0 heterocycles. The van der Waals surface area contributed by atoms with E-state index < -0.39 is 11.8 Å². The van der Waals surface area contributed by atoms with E-state index in [-0.39, 0.29) is 16.6 Å². The van der Waals surface area contributed by atoms with Crippen molar-refractivity contribution in [2.75, 3.05) is 5.32 Å². The van der Waals surface area contributed by atoms with E-state index in [1.807, 2.05) is 0 Å². The lowest BCUT2D eigenvalue weighted by Gasteiger charge is -2.09. The van der Waals surface area contributed by atoms with Gasteiger partial charge in [0, 0.05) is 6.04 Å². The van der Waals surface area contributed by atoms with Crippen LogP contribution in [0, 0.1) is 5.82 Å². The first-order valence-corrected chi connectivity index (χ1v) is 4.94. The summed E-state index contributed by atoms with van der Waals surface area (Å²) in [5, 5.41) is 11.7. The molecule has 0 bridgehead atoms. The van der Waals surface area contributed by atoms with E-state index in [0.29, 0.717) is 5.69 Å². The highest BCUT2D eigenvalue weighted by Gasteiger charge is 2.24. The van der Waals surface area contributed by atoms with Gasteiger partial charge in [-0.05, 0) is 25.0 Å². The zero-order valence-electron chi connectivity index (χ0n) is 7.76. The van der Waals surface area contributed by atoms with Crippen molar-refractivity contribution in [2.24, 2.45) is 0 Å². The molecule has 3 nitrogen and oxygen atoms in total. The largest absolute Gasteiger partial charge is 0.478 e. The molecule has 2 N–H and O–H groups in total. The molecule has 1 aromatic carbocycles. The van der Waals surface area contributed by atoms with E-state index in [1.165, 1.54) is 0 Å². The van der Waals surface area contributed by atoms with Crippen molar-refractivity contribution in [3.05, 3.63) is 28.5 Å². The van der Waals surface area contributed by atoms with Crippen LogP contribution in [0.3, 0.4) is 0 Å². The third-order valence-corrected chi connectivity index (χ3v) is 2.52. The lowest BCUT2D eigenvalue weighted by molar-refractivity contribution is 0.0698. The van der Waals surface area contributed by atoms with E-state index in [0.717, 1.165) is 25.0 Å². The number of hydrogen-bond donors (Lipinski definition) is 2. The Morgan fingerprint density at radius 3 is 2.73 bits per heavy atom. The summed E-state index contributed by atoms with van der Waals surface area (Å²) in [7, 11) is 0. The number of rotatable bonds is 3. The summed E-state index contributed by atoms with van der Waals surface area (Å²) < 4.78 is 13.1. The van der Waals surface area contributed by atoms with Crippen molar-refractivity contribution >= 4 is 23.3 Å². The molecule has 0 unspecified atom stereocenters. The first kappa shape index (κ1) is 10.2. The van der Waals surface area contributed by atoms with Gasteiger partial charge in [-0.15, -0.1) is 0 Å². The van der Waals surface area contributed by atoms with Gasteiger partial charge in [0.15, 0.2) is 0 Å². The molecule has 0 radical (unpaired) electrons. The minimum atomic E-state index is -1.11. The van der Waals surface area contributed by atoms with Crippen LogP contribution in [0.4, 0.5) is 10.1 Å². The molecule has 1 fully saturated rings. The Morgan fingerprint density at radius 1 is 1.53 bits per heavy atom. The van der Waals surface area contributed by atoms with Crippen LogP contribution >= 0.6 is 11.6 Å². The van der Waals surface area contributed by atoms with Crippen molar-refractivity contribution in [3.63, 3.8) is 0 Å². The molecule has 15 heavy (non-hydrogen) atoms. The Hall–Kier alpha value is -1.29. The van der Waals surface area contributed by atoms with Gasteiger partial charge in [0.25, 0.3) is 0 Å². The summed E-state index contributed by atoms with van der Waals surface area (Å²) in [6.07, 6.45) is 1.98. The molecule has 0 saturated heterocycles. The first-order chi connectivity index (χ1) is 7.08. The highest BCUT2D eigenvalue weighted by molar-refractivity contribution is 6.31. The average Bonchev–Trinajstić information content (AvgIpc) is 2.94. The van der Waals surface area contributed by atoms with Crippen LogP contribution in [0.1, 0.15) is 23.2 Å². The smallest absolute Gasteiger partial charge is 0.337 e. The minimum absolute atomic E-state index is 0.00769. The first-order valence-electron chi connectivity index (χ1n) is 4.57. The van der Waals surface area contributed by atoms with Crippen LogP contribution in [0.5, 0.6) is 0 Å². The van der Waals surface area contributed by atoms with Crippen LogP contribution in [-0.4, -0.2) is 17.1 Å². The number of benzene rings is 1. The number of aromatic carboxylic acids is 1. The predicted octanol–water partition coefficient (Wildman–Crippen LogP) is 2.75. The van der Waals surface area contributed by atoms with Crippen LogP contribution < -0.4 is 5.32 Å². The fraction of sp³-hybridized carbons (Fsp3) is 0.300. The summed E-state index contributed by atoms with van der Waals surface area (Å²) in [5.41, 5.74) is 0.306. The van der Waals surface area contributed by atoms with Crippen molar-refractivity contribution in [2.45, 2.75) is 18.9 Å². The molecule has 0 aromatic heterocycles. The fourth-order valence-corrected chi connectivity index (χ4v) is 1.45. The van der Waals surface area contributed by atoms with Gasteiger partial charge in [-0.2, -0.15) is 0 Å². The maximum Gasteiger partial charge on any atom is 0.337 e. The predicted molar refractivity (Wildman–Crippen MR) is 55.0 cm³/mol. The number of anilines is 1. The van der Waals surface area contributed by atoms with Crippen molar-refractivity contribution in [1.82, 2.24) is 0 Å². The molecule has 1 aliphatic rings. The quantitative estimate of drug-likeness (QED) is 0.838. The lowest BCUT2D eigenvalue weighted by Crippen LogP contribution is -2.08. The molecule has 1 aliphatic carbocycles. The maximum absolute atomic E-state index is 13.1. The van der Waals surface area contributed by atoms with Crippen LogP contribution in [0.2, 0.25) is 5.02 Å². The number of nitrogens with one attached hydrogen (secondary N) is 1. The van der Waals surface area contributed by atoms with Crippen molar-refractivity contribution in [1.29, 1.82) is 0 Å². The number of carboxylic acid groups (broad SMARTS) is 1. The molecule has 0 atom stereocenters. The Labute approximate surface area is 90.9 Å². The molecular weight excluding hydrogens is 221 g/mol. The van der Waals surface area contributed by atoms with Gasteiger partial charge in [-0.3, -0.25) is 0 Å². The van der Waals surface area contributed by atoms with Crippen molar-refractivity contribution < 1.29 is 14.3 Å². The summed E-state index contributed by atoms with van der Waals surface area (Å²) >= 11 is 5.52. The van der Waals surface area contributed by atoms with E-state index in [9.17, 15) is 9.18 Å². The second kappa shape index (κ2) is 3.70. The number of halogens is 2. The van der Waals surface area contributed by atoms with Gasteiger partial charge >= 0.3 is 5.97 Å². The van der Waals surface area contributed by atoms with Crippen molar-refractivity contribution in [3.8, 4) is 0 Å². The fourth-order valence-electron chi connectivity index (χ4n) is 1.29. The van der Waals surface area contributed by atoms with E-state index >= 15 is 0 Å². The Balaban J connectivity index is 2.39. The zero-order valence-corrected chi connectivity index (χ0v) is 8.51. The SMILES string of the molecule is O=C(O)c1cc(Cl)c(F)cc1NC1CC1. The summed E-state index contributed by atoms with van der Waals surface area (Å²) in [4.78, 5) is 10.9. The third kappa shape index (κ3) is 2.21. The van der Waals surface area contributed by atoms with E-state index in [4.69, 9.17) is 16.7 Å². The van der Waals surface area contributed by atoms with Crippen LogP contribution in [0.15, 0.2) is 12.1 Å². The number of carbonyl (C=O) groups is 1.